The largest absolute Gasteiger partial charge is 0.507 e. The molecule has 0 radical (unpaired) electrons. The molecule has 0 saturated carbocycles. The molecule has 0 spiro atoms. The highest BCUT2D eigenvalue weighted by atomic mass is 16.4. The maximum absolute atomic E-state index is 12.5. The molecule has 2 aliphatic carbocycles. The molecule has 2 unspecified atom stereocenters. The first-order valence-corrected chi connectivity index (χ1v) is 6.44. The topological polar surface area (TPSA) is 196 Å². The number of hydrogen-bond acceptors (Lipinski definition) is 10. The van der Waals surface area contributed by atoms with Crippen molar-refractivity contribution < 1.29 is 50.4 Å². The van der Waals surface area contributed by atoms with Gasteiger partial charge in [-0.1, -0.05) is 0 Å². The van der Waals surface area contributed by atoms with Gasteiger partial charge in [0, 0.05) is 0 Å². The molecule has 0 heterocycles. The molecule has 8 N–H and O–H groups in total. The van der Waals surface area contributed by atoms with E-state index in [1.807, 2.05) is 0 Å². The zero-order valence-corrected chi connectivity index (χ0v) is 11.5. The minimum absolute atomic E-state index is 0.900. The summed E-state index contributed by atoms with van der Waals surface area (Å²) in [5.41, 5.74) is -1.80. The SMILES string of the molecule is O=C1c2c(O)c(O)c(O)c(O)c2C(=O)C2C(O)=C(O)C(O)=C(O)C12. The lowest BCUT2D eigenvalue weighted by Crippen LogP contribution is -2.42. The predicted molar refractivity (Wildman–Crippen MR) is 73.3 cm³/mol. The highest BCUT2D eigenvalue weighted by molar-refractivity contribution is 6.21. The van der Waals surface area contributed by atoms with Gasteiger partial charge in [0.05, 0.1) is 11.1 Å². The van der Waals surface area contributed by atoms with Gasteiger partial charge in [0.2, 0.25) is 11.5 Å². The highest BCUT2D eigenvalue weighted by Crippen LogP contribution is 2.53. The maximum atomic E-state index is 12.5. The lowest BCUT2D eigenvalue weighted by atomic mass is 9.69. The summed E-state index contributed by atoms with van der Waals surface area (Å²) >= 11 is 0. The number of aliphatic hydroxyl groups is 4. The number of hydrogen-bond donors (Lipinski definition) is 8. The molecule has 1 aromatic carbocycles. The van der Waals surface area contributed by atoms with Gasteiger partial charge in [0.25, 0.3) is 0 Å². The van der Waals surface area contributed by atoms with Crippen LogP contribution >= 0.6 is 0 Å². The van der Waals surface area contributed by atoms with Gasteiger partial charge in [0.1, 0.15) is 23.4 Å². The van der Waals surface area contributed by atoms with Crippen molar-refractivity contribution in [3.8, 4) is 23.0 Å². The summed E-state index contributed by atoms with van der Waals surface area (Å²) < 4.78 is 0. The Morgan fingerprint density at radius 2 is 0.792 bits per heavy atom. The van der Waals surface area contributed by atoms with E-state index in [9.17, 15) is 50.4 Å². The molecule has 0 amide bonds. The molecule has 126 valence electrons. The van der Waals surface area contributed by atoms with Crippen LogP contribution in [-0.2, 0) is 0 Å². The Kier molecular flexibility index (Phi) is 2.86. The molecule has 0 saturated heterocycles. The van der Waals surface area contributed by atoms with Crippen LogP contribution in [0.1, 0.15) is 20.7 Å². The molecule has 0 aromatic heterocycles. The fraction of sp³-hybridized carbons (Fsp3) is 0.143. The van der Waals surface area contributed by atoms with Crippen LogP contribution < -0.4 is 0 Å². The Balaban J connectivity index is 2.40. The van der Waals surface area contributed by atoms with Gasteiger partial charge in [-0.05, 0) is 0 Å². The third-order valence-corrected chi connectivity index (χ3v) is 4.09. The number of benzene rings is 1. The molecule has 10 heteroatoms. The number of phenols is 4. The van der Waals surface area contributed by atoms with Crippen molar-refractivity contribution in [2.75, 3.05) is 0 Å². The lowest BCUT2D eigenvalue weighted by Gasteiger charge is -2.33. The molecular weight excluding hydrogens is 328 g/mol. The van der Waals surface area contributed by atoms with Crippen LogP contribution in [0.2, 0.25) is 0 Å². The Morgan fingerprint density at radius 3 is 1.08 bits per heavy atom. The number of fused-ring (bicyclic) bond motifs is 2. The van der Waals surface area contributed by atoms with E-state index < -0.39 is 80.6 Å². The monoisotopic (exact) mass is 338 g/mol. The van der Waals surface area contributed by atoms with Gasteiger partial charge < -0.3 is 40.9 Å². The summed E-state index contributed by atoms with van der Waals surface area (Å²) in [4.78, 5) is 25.0. The number of phenolic OH excluding ortho intramolecular Hbond substituents is 4. The summed E-state index contributed by atoms with van der Waals surface area (Å²) in [5.74, 6) is -16.0. The van der Waals surface area contributed by atoms with Gasteiger partial charge >= 0.3 is 0 Å². The quantitative estimate of drug-likeness (QED) is 0.247. The Bertz CT molecular complexity index is 819. The van der Waals surface area contributed by atoms with Crippen molar-refractivity contribution in [1.29, 1.82) is 0 Å². The number of aromatic hydroxyl groups is 4. The number of ketones is 2. The first-order valence-electron chi connectivity index (χ1n) is 6.44. The first kappa shape index (κ1) is 15.3. The van der Waals surface area contributed by atoms with Crippen LogP contribution in [0.15, 0.2) is 23.0 Å². The molecular formula is C14H10O10. The van der Waals surface area contributed by atoms with Crippen LogP contribution in [0.3, 0.4) is 0 Å². The summed E-state index contributed by atoms with van der Waals surface area (Å²) in [7, 11) is 0. The van der Waals surface area contributed by atoms with Gasteiger partial charge in [0.15, 0.2) is 34.6 Å². The number of aliphatic hydroxyl groups excluding tert-OH is 4. The zero-order valence-electron chi connectivity index (χ0n) is 11.5. The van der Waals surface area contributed by atoms with E-state index in [0.717, 1.165) is 0 Å². The van der Waals surface area contributed by atoms with Gasteiger partial charge in [-0.2, -0.15) is 0 Å². The smallest absolute Gasteiger partial charge is 0.205 e. The highest BCUT2D eigenvalue weighted by Gasteiger charge is 2.53. The number of carbonyl (C=O) groups is 2. The van der Waals surface area contributed by atoms with E-state index in [4.69, 9.17) is 0 Å². The molecule has 0 fully saturated rings. The minimum Gasteiger partial charge on any atom is -0.507 e. The minimum atomic E-state index is -1.89. The molecule has 0 aliphatic heterocycles. The van der Waals surface area contributed by atoms with Crippen LogP contribution in [0.25, 0.3) is 0 Å². The molecule has 2 aliphatic rings. The van der Waals surface area contributed by atoms with Crippen LogP contribution in [-0.4, -0.2) is 52.4 Å². The second-order valence-electron chi connectivity index (χ2n) is 5.30. The fourth-order valence-electron chi connectivity index (χ4n) is 2.89. The maximum Gasteiger partial charge on any atom is 0.205 e. The number of carbonyl (C=O) groups excluding carboxylic acids is 2. The molecule has 1 aromatic rings. The van der Waals surface area contributed by atoms with Gasteiger partial charge in [-0.25, -0.2) is 0 Å². The Hall–Kier alpha value is -3.56. The van der Waals surface area contributed by atoms with Crippen molar-refractivity contribution in [2.24, 2.45) is 11.8 Å². The number of Topliss-reactive ketones (excluding diaryl/α,β-unsaturated/α-hetero) is 2. The van der Waals surface area contributed by atoms with Gasteiger partial charge in [-0.3, -0.25) is 9.59 Å². The average Bonchev–Trinajstić information content (AvgIpc) is 2.55. The van der Waals surface area contributed by atoms with E-state index in [-0.39, 0.29) is 0 Å². The molecule has 2 atom stereocenters. The second-order valence-corrected chi connectivity index (χ2v) is 5.30. The van der Waals surface area contributed by atoms with Crippen LogP contribution in [0.4, 0.5) is 0 Å². The van der Waals surface area contributed by atoms with E-state index in [1.54, 1.807) is 0 Å². The molecule has 3 rings (SSSR count). The lowest BCUT2D eigenvalue weighted by molar-refractivity contribution is 0.0657. The van der Waals surface area contributed by atoms with Crippen LogP contribution in [0.5, 0.6) is 23.0 Å². The summed E-state index contributed by atoms with van der Waals surface area (Å²) in [6.45, 7) is 0. The predicted octanol–water partition coefficient (Wildman–Crippen LogP) is 0.789. The molecule has 10 nitrogen and oxygen atoms in total. The molecule has 0 bridgehead atoms. The Morgan fingerprint density at radius 1 is 0.500 bits per heavy atom. The summed E-state index contributed by atoms with van der Waals surface area (Å²) in [6, 6.07) is 0. The van der Waals surface area contributed by atoms with Crippen molar-refractivity contribution in [3.63, 3.8) is 0 Å². The Labute approximate surface area is 132 Å². The van der Waals surface area contributed by atoms with E-state index in [0.29, 0.717) is 0 Å². The van der Waals surface area contributed by atoms with Crippen LogP contribution in [0, 0.1) is 11.8 Å². The van der Waals surface area contributed by atoms with Gasteiger partial charge in [-0.15, -0.1) is 0 Å². The second kappa shape index (κ2) is 4.47. The van der Waals surface area contributed by atoms with Crippen molar-refractivity contribution >= 4 is 11.6 Å². The standard InChI is InChI=1S/C14H10O10/c15-5-1-2(8(18)12(22)11(21)7(1)17)6(16)4-3(5)9(19)13(23)14(24)10(4)20/h1-2,17-24H. The average molecular weight is 338 g/mol. The summed E-state index contributed by atoms with van der Waals surface area (Å²) in [6.07, 6.45) is 0. The number of rotatable bonds is 0. The number of allylic oxidation sites excluding steroid dienone is 2. The van der Waals surface area contributed by atoms with Crippen molar-refractivity contribution in [3.05, 3.63) is 34.2 Å². The third-order valence-electron chi connectivity index (χ3n) is 4.09. The normalized spacial score (nSPS) is 23.3. The summed E-state index contributed by atoms with van der Waals surface area (Å²) in [5, 5.41) is 77.4. The van der Waals surface area contributed by atoms with E-state index in [2.05, 4.69) is 0 Å². The zero-order chi connectivity index (χ0) is 18.1. The van der Waals surface area contributed by atoms with Crippen molar-refractivity contribution in [2.45, 2.75) is 0 Å². The van der Waals surface area contributed by atoms with E-state index >= 15 is 0 Å². The van der Waals surface area contributed by atoms with Crippen molar-refractivity contribution in [1.82, 2.24) is 0 Å². The first-order chi connectivity index (χ1) is 11.1. The fourth-order valence-corrected chi connectivity index (χ4v) is 2.89. The van der Waals surface area contributed by atoms with E-state index in [1.165, 1.54) is 0 Å². The third kappa shape index (κ3) is 1.54. The molecule has 24 heavy (non-hydrogen) atoms.